The molecule has 0 aliphatic carbocycles. The minimum Gasteiger partial charge on any atom is -0.313 e. The molecule has 1 aromatic rings. The highest BCUT2D eigenvalue weighted by Gasteiger charge is 2.15. The molecule has 0 radical (unpaired) electrons. The van der Waals surface area contributed by atoms with Crippen molar-refractivity contribution in [2.75, 3.05) is 7.05 Å². The fourth-order valence-electron chi connectivity index (χ4n) is 1.45. The van der Waals surface area contributed by atoms with Gasteiger partial charge in [-0.05, 0) is 19.5 Å². The molecule has 1 rings (SSSR count). The molecule has 0 amide bonds. The smallest absolute Gasteiger partial charge is 0.0991 e. The molecule has 0 saturated heterocycles. The molecule has 80 valence electrons. The zero-order valence-electron chi connectivity index (χ0n) is 8.44. The summed E-state index contributed by atoms with van der Waals surface area (Å²) in [4.78, 5) is 0. The lowest BCUT2D eigenvalue weighted by molar-refractivity contribution is 0.524. The first-order valence-corrected chi connectivity index (χ1v) is 6.38. The molecule has 0 aliphatic heterocycles. The molecule has 0 spiro atoms. The molecule has 1 unspecified atom stereocenters. The van der Waals surface area contributed by atoms with Gasteiger partial charge in [-0.1, -0.05) is 43.0 Å². The first kappa shape index (κ1) is 12.3. The van der Waals surface area contributed by atoms with Crippen molar-refractivity contribution in [2.24, 2.45) is 0 Å². The number of rotatable bonds is 5. The Morgan fingerprint density at radius 2 is 2.21 bits per heavy atom. The van der Waals surface area contributed by atoms with Crippen LogP contribution in [0.2, 0.25) is 8.67 Å². The summed E-state index contributed by atoms with van der Waals surface area (Å²) in [7, 11) is 1.96. The van der Waals surface area contributed by atoms with Crippen LogP contribution in [-0.4, -0.2) is 7.05 Å². The zero-order chi connectivity index (χ0) is 10.6. The molecule has 0 bridgehead atoms. The van der Waals surface area contributed by atoms with Gasteiger partial charge >= 0.3 is 0 Å². The van der Waals surface area contributed by atoms with Crippen molar-refractivity contribution in [1.29, 1.82) is 0 Å². The Labute approximate surface area is 99.4 Å². The Morgan fingerprint density at radius 1 is 1.50 bits per heavy atom. The van der Waals surface area contributed by atoms with Gasteiger partial charge in [0.1, 0.15) is 0 Å². The van der Waals surface area contributed by atoms with Gasteiger partial charge in [-0.15, -0.1) is 11.3 Å². The van der Waals surface area contributed by atoms with Crippen LogP contribution in [0.4, 0.5) is 0 Å². The molecule has 4 heteroatoms. The standard InChI is InChI=1S/C10H15Cl2NS/c1-3-4-5-8(13-2)7-6-9(11)14-10(7)12/h6,8,13H,3-5H2,1-2H3. The van der Waals surface area contributed by atoms with Gasteiger partial charge in [-0.3, -0.25) is 0 Å². The van der Waals surface area contributed by atoms with Crippen molar-refractivity contribution in [3.63, 3.8) is 0 Å². The Kier molecular flexibility index (Phi) is 5.24. The van der Waals surface area contributed by atoms with Crippen LogP contribution in [0.1, 0.15) is 37.8 Å². The maximum Gasteiger partial charge on any atom is 0.0991 e. The van der Waals surface area contributed by atoms with Crippen LogP contribution in [0.15, 0.2) is 6.07 Å². The monoisotopic (exact) mass is 251 g/mol. The third kappa shape index (κ3) is 3.13. The summed E-state index contributed by atoms with van der Waals surface area (Å²) in [6.45, 7) is 2.19. The first-order chi connectivity index (χ1) is 6.69. The van der Waals surface area contributed by atoms with Crippen molar-refractivity contribution in [2.45, 2.75) is 32.2 Å². The fraction of sp³-hybridized carbons (Fsp3) is 0.600. The van der Waals surface area contributed by atoms with E-state index >= 15 is 0 Å². The summed E-state index contributed by atoms with van der Waals surface area (Å²) in [6.07, 6.45) is 3.52. The molecule has 0 aromatic carbocycles. The van der Waals surface area contributed by atoms with E-state index in [0.29, 0.717) is 6.04 Å². The largest absolute Gasteiger partial charge is 0.313 e. The Bertz CT molecular complexity index is 286. The minimum atomic E-state index is 0.339. The number of hydrogen-bond acceptors (Lipinski definition) is 2. The summed E-state index contributed by atoms with van der Waals surface area (Å²) in [6, 6.07) is 2.30. The van der Waals surface area contributed by atoms with Crippen molar-refractivity contribution in [3.8, 4) is 0 Å². The lowest BCUT2D eigenvalue weighted by atomic mass is 10.0. The Hall–Kier alpha value is 0.240. The van der Waals surface area contributed by atoms with E-state index in [1.807, 2.05) is 13.1 Å². The topological polar surface area (TPSA) is 12.0 Å². The summed E-state index contributed by atoms with van der Waals surface area (Å²) < 4.78 is 1.58. The van der Waals surface area contributed by atoms with E-state index in [2.05, 4.69) is 12.2 Å². The number of halogens is 2. The number of nitrogens with one attached hydrogen (secondary N) is 1. The van der Waals surface area contributed by atoms with Crippen LogP contribution in [0, 0.1) is 0 Å². The molecule has 14 heavy (non-hydrogen) atoms. The van der Waals surface area contributed by atoms with Gasteiger partial charge in [0.15, 0.2) is 0 Å². The summed E-state index contributed by atoms with van der Waals surface area (Å²) in [5.41, 5.74) is 1.14. The van der Waals surface area contributed by atoms with Gasteiger partial charge < -0.3 is 5.32 Å². The Balaban J connectivity index is 2.72. The molecule has 1 nitrogen and oxygen atoms in total. The normalized spacial score (nSPS) is 13.1. The maximum atomic E-state index is 6.09. The maximum absolute atomic E-state index is 6.09. The van der Waals surface area contributed by atoms with Crippen LogP contribution in [0.25, 0.3) is 0 Å². The predicted molar refractivity (Wildman–Crippen MR) is 65.7 cm³/mol. The second-order valence-electron chi connectivity index (χ2n) is 3.26. The van der Waals surface area contributed by atoms with E-state index in [1.54, 1.807) is 0 Å². The van der Waals surface area contributed by atoms with Crippen molar-refractivity contribution < 1.29 is 0 Å². The molecule has 0 fully saturated rings. The molecule has 0 aliphatic rings. The lowest BCUT2D eigenvalue weighted by Crippen LogP contribution is -2.15. The highest BCUT2D eigenvalue weighted by Crippen LogP contribution is 2.36. The highest BCUT2D eigenvalue weighted by atomic mass is 35.5. The SMILES string of the molecule is CCCCC(NC)c1cc(Cl)sc1Cl. The van der Waals surface area contributed by atoms with E-state index < -0.39 is 0 Å². The van der Waals surface area contributed by atoms with Crippen molar-refractivity contribution >= 4 is 34.5 Å². The average molecular weight is 252 g/mol. The molecule has 1 aromatic heterocycles. The number of thiophene rings is 1. The van der Waals surface area contributed by atoms with Crippen molar-refractivity contribution in [1.82, 2.24) is 5.32 Å². The zero-order valence-corrected chi connectivity index (χ0v) is 10.8. The fourth-order valence-corrected chi connectivity index (χ4v) is 3.03. The molecular weight excluding hydrogens is 237 g/mol. The van der Waals surface area contributed by atoms with Gasteiger partial charge in [0.05, 0.1) is 8.67 Å². The molecule has 1 atom stereocenters. The van der Waals surface area contributed by atoms with E-state index in [1.165, 1.54) is 24.2 Å². The second kappa shape index (κ2) is 5.96. The predicted octanol–water partition coefficient (Wildman–Crippen LogP) is 4.51. The van der Waals surface area contributed by atoms with Gasteiger partial charge in [0.2, 0.25) is 0 Å². The van der Waals surface area contributed by atoms with Crippen LogP contribution in [0.3, 0.4) is 0 Å². The minimum absolute atomic E-state index is 0.339. The first-order valence-electron chi connectivity index (χ1n) is 4.81. The van der Waals surface area contributed by atoms with Gasteiger partial charge in [-0.25, -0.2) is 0 Å². The van der Waals surface area contributed by atoms with Gasteiger partial charge in [-0.2, -0.15) is 0 Å². The van der Waals surface area contributed by atoms with Crippen LogP contribution in [0.5, 0.6) is 0 Å². The van der Waals surface area contributed by atoms with E-state index in [9.17, 15) is 0 Å². The molecule has 1 N–H and O–H groups in total. The Morgan fingerprint density at radius 3 is 2.64 bits per heavy atom. The number of unbranched alkanes of at least 4 members (excludes halogenated alkanes) is 1. The average Bonchev–Trinajstić information content (AvgIpc) is 2.47. The summed E-state index contributed by atoms with van der Waals surface area (Å²) in [5, 5.41) is 3.27. The van der Waals surface area contributed by atoms with Gasteiger partial charge in [0, 0.05) is 11.6 Å². The third-order valence-electron chi connectivity index (χ3n) is 2.25. The molecule has 0 saturated carbocycles. The van der Waals surface area contributed by atoms with E-state index in [-0.39, 0.29) is 0 Å². The summed E-state index contributed by atoms with van der Waals surface area (Å²) >= 11 is 13.4. The number of hydrogen-bond donors (Lipinski definition) is 1. The van der Waals surface area contributed by atoms with E-state index in [0.717, 1.165) is 20.7 Å². The van der Waals surface area contributed by atoms with Gasteiger partial charge in [0.25, 0.3) is 0 Å². The summed E-state index contributed by atoms with van der Waals surface area (Å²) in [5.74, 6) is 0. The lowest BCUT2D eigenvalue weighted by Gasteiger charge is -2.14. The molecular formula is C10H15Cl2NS. The van der Waals surface area contributed by atoms with Crippen LogP contribution >= 0.6 is 34.5 Å². The van der Waals surface area contributed by atoms with Crippen LogP contribution in [-0.2, 0) is 0 Å². The quantitative estimate of drug-likeness (QED) is 0.813. The second-order valence-corrected chi connectivity index (χ2v) is 5.55. The van der Waals surface area contributed by atoms with Crippen LogP contribution < -0.4 is 5.32 Å². The van der Waals surface area contributed by atoms with E-state index in [4.69, 9.17) is 23.2 Å². The van der Waals surface area contributed by atoms with Crippen molar-refractivity contribution in [3.05, 3.63) is 20.3 Å². The third-order valence-corrected chi connectivity index (χ3v) is 3.77. The highest BCUT2D eigenvalue weighted by molar-refractivity contribution is 7.20. The molecule has 1 heterocycles.